The molecule has 0 aliphatic rings. The summed E-state index contributed by atoms with van der Waals surface area (Å²) in [5.74, 6) is 5.00. The van der Waals surface area contributed by atoms with E-state index in [1.807, 2.05) is 0 Å². The van der Waals surface area contributed by atoms with Crippen molar-refractivity contribution < 1.29 is 13.5 Å². The molecule has 6 heteroatoms. The molecular formula is C15H15ClF2N2O. The van der Waals surface area contributed by atoms with Crippen molar-refractivity contribution in [1.29, 1.82) is 0 Å². The lowest BCUT2D eigenvalue weighted by atomic mass is 9.98. The molecule has 1 atom stereocenters. The Labute approximate surface area is 126 Å². The summed E-state index contributed by atoms with van der Waals surface area (Å²) in [7, 11) is 1.46. The number of nitrogens with one attached hydrogen (secondary N) is 1. The highest BCUT2D eigenvalue weighted by atomic mass is 35.5. The fraction of sp³-hybridized carbons (Fsp3) is 0.200. The molecule has 2 rings (SSSR count). The standard InChI is InChI=1S/C15H15ClF2N2O/c1-21-14-4-2-3-12(18)15(14)13(20-19)8-9-5-6-11(17)10(16)7-9/h2-7,13,20H,8,19H2,1H3. The lowest BCUT2D eigenvalue weighted by Gasteiger charge is -2.20. The van der Waals surface area contributed by atoms with Crippen LogP contribution in [0.2, 0.25) is 5.02 Å². The third-order valence-electron chi connectivity index (χ3n) is 3.21. The van der Waals surface area contributed by atoms with Crippen LogP contribution in [0.1, 0.15) is 17.2 Å². The van der Waals surface area contributed by atoms with Crippen LogP contribution in [0, 0.1) is 11.6 Å². The van der Waals surface area contributed by atoms with Crippen molar-refractivity contribution in [3.63, 3.8) is 0 Å². The van der Waals surface area contributed by atoms with Crippen LogP contribution in [-0.4, -0.2) is 7.11 Å². The van der Waals surface area contributed by atoms with Crippen molar-refractivity contribution in [2.24, 2.45) is 5.84 Å². The lowest BCUT2D eigenvalue weighted by molar-refractivity contribution is 0.390. The van der Waals surface area contributed by atoms with Crippen molar-refractivity contribution in [3.8, 4) is 5.75 Å². The summed E-state index contributed by atoms with van der Waals surface area (Å²) in [6.07, 6.45) is 0.341. The van der Waals surface area contributed by atoms with Gasteiger partial charge in [0.2, 0.25) is 0 Å². The van der Waals surface area contributed by atoms with Gasteiger partial charge in [-0.3, -0.25) is 11.3 Å². The van der Waals surface area contributed by atoms with E-state index in [-0.39, 0.29) is 5.02 Å². The third-order valence-corrected chi connectivity index (χ3v) is 3.50. The molecule has 0 saturated heterocycles. The Morgan fingerprint density at radius 1 is 1.24 bits per heavy atom. The van der Waals surface area contributed by atoms with Crippen LogP contribution >= 0.6 is 11.6 Å². The van der Waals surface area contributed by atoms with Gasteiger partial charge >= 0.3 is 0 Å². The molecule has 0 saturated carbocycles. The molecule has 1 unspecified atom stereocenters. The van der Waals surface area contributed by atoms with E-state index in [4.69, 9.17) is 22.2 Å². The Kier molecular flexibility index (Phi) is 5.12. The summed E-state index contributed by atoms with van der Waals surface area (Å²) in [5.41, 5.74) is 3.61. The van der Waals surface area contributed by atoms with E-state index < -0.39 is 17.7 Å². The third kappa shape index (κ3) is 3.50. The number of benzene rings is 2. The maximum Gasteiger partial charge on any atom is 0.141 e. The summed E-state index contributed by atoms with van der Waals surface area (Å²) in [6, 6.07) is 8.36. The van der Waals surface area contributed by atoms with Crippen LogP contribution in [0.4, 0.5) is 8.78 Å². The fourth-order valence-electron chi connectivity index (χ4n) is 2.18. The normalized spacial score (nSPS) is 12.2. The first-order valence-corrected chi connectivity index (χ1v) is 6.67. The topological polar surface area (TPSA) is 47.3 Å². The molecule has 0 bridgehead atoms. The van der Waals surface area contributed by atoms with E-state index in [0.717, 1.165) is 5.56 Å². The molecule has 112 valence electrons. The van der Waals surface area contributed by atoms with Crippen LogP contribution in [-0.2, 0) is 6.42 Å². The van der Waals surface area contributed by atoms with Crippen LogP contribution in [0.25, 0.3) is 0 Å². The first-order valence-electron chi connectivity index (χ1n) is 6.29. The molecular weight excluding hydrogens is 298 g/mol. The number of hydrogen-bond donors (Lipinski definition) is 2. The number of nitrogens with two attached hydrogens (primary N) is 1. The minimum atomic E-state index is -0.525. The molecule has 3 N–H and O–H groups in total. The molecule has 0 aromatic heterocycles. The number of ether oxygens (including phenoxy) is 1. The number of halogens is 3. The van der Waals surface area contributed by atoms with E-state index in [9.17, 15) is 8.78 Å². The van der Waals surface area contributed by atoms with Crippen LogP contribution in [0.15, 0.2) is 36.4 Å². The smallest absolute Gasteiger partial charge is 0.141 e. The van der Waals surface area contributed by atoms with Crippen LogP contribution < -0.4 is 16.0 Å². The second-order valence-corrected chi connectivity index (χ2v) is 4.93. The average Bonchev–Trinajstić information content (AvgIpc) is 2.48. The van der Waals surface area contributed by atoms with Gasteiger partial charge in [-0.2, -0.15) is 0 Å². The maximum atomic E-state index is 14.1. The predicted octanol–water partition coefficient (Wildman–Crippen LogP) is 3.37. The number of hydrogen-bond acceptors (Lipinski definition) is 3. The molecule has 0 radical (unpaired) electrons. The van der Waals surface area contributed by atoms with E-state index in [1.54, 1.807) is 18.2 Å². The van der Waals surface area contributed by atoms with Gasteiger partial charge < -0.3 is 4.74 Å². The average molecular weight is 313 g/mol. The molecule has 0 heterocycles. The van der Waals surface area contributed by atoms with Crippen molar-refractivity contribution in [3.05, 3.63) is 64.2 Å². The summed E-state index contributed by atoms with van der Waals surface area (Å²) in [4.78, 5) is 0. The Morgan fingerprint density at radius 2 is 2.00 bits per heavy atom. The number of rotatable bonds is 5. The van der Waals surface area contributed by atoms with E-state index in [1.165, 1.54) is 25.3 Å². The van der Waals surface area contributed by atoms with Crippen LogP contribution in [0.3, 0.4) is 0 Å². The van der Waals surface area contributed by atoms with Crippen molar-refractivity contribution >= 4 is 11.6 Å². The largest absolute Gasteiger partial charge is 0.496 e. The molecule has 2 aromatic carbocycles. The zero-order chi connectivity index (χ0) is 15.4. The zero-order valence-electron chi connectivity index (χ0n) is 11.4. The monoisotopic (exact) mass is 312 g/mol. The summed E-state index contributed by atoms with van der Waals surface area (Å²) < 4.78 is 32.4. The van der Waals surface area contributed by atoms with Gasteiger partial charge in [-0.15, -0.1) is 0 Å². The molecule has 0 aliphatic heterocycles. The first-order chi connectivity index (χ1) is 10.1. The highest BCUT2D eigenvalue weighted by Crippen LogP contribution is 2.30. The second-order valence-electron chi connectivity index (χ2n) is 4.53. The van der Waals surface area contributed by atoms with Crippen molar-refractivity contribution in [2.45, 2.75) is 12.5 Å². The molecule has 0 spiro atoms. The summed E-state index contributed by atoms with van der Waals surface area (Å²) in [5, 5.41) is 0.0174. The summed E-state index contributed by atoms with van der Waals surface area (Å²) >= 11 is 5.75. The molecule has 3 nitrogen and oxygen atoms in total. The van der Waals surface area contributed by atoms with Gasteiger partial charge in [-0.05, 0) is 36.2 Å². The molecule has 21 heavy (non-hydrogen) atoms. The second kappa shape index (κ2) is 6.85. The van der Waals surface area contributed by atoms with Gasteiger partial charge in [0, 0.05) is 5.56 Å². The van der Waals surface area contributed by atoms with Gasteiger partial charge in [0.15, 0.2) is 0 Å². The van der Waals surface area contributed by atoms with E-state index in [2.05, 4.69) is 5.43 Å². The number of methoxy groups -OCH3 is 1. The van der Waals surface area contributed by atoms with Gasteiger partial charge in [-0.25, -0.2) is 8.78 Å². The molecule has 2 aromatic rings. The highest BCUT2D eigenvalue weighted by molar-refractivity contribution is 6.30. The Balaban J connectivity index is 2.34. The maximum absolute atomic E-state index is 14.1. The fourth-order valence-corrected chi connectivity index (χ4v) is 2.38. The Morgan fingerprint density at radius 3 is 2.62 bits per heavy atom. The van der Waals surface area contributed by atoms with Gasteiger partial charge in [-0.1, -0.05) is 23.7 Å². The minimum Gasteiger partial charge on any atom is -0.496 e. The van der Waals surface area contributed by atoms with Crippen molar-refractivity contribution in [1.82, 2.24) is 5.43 Å². The minimum absolute atomic E-state index is 0.0174. The molecule has 0 amide bonds. The zero-order valence-corrected chi connectivity index (χ0v) is 12.1. The Hall–Kier alpha value is -1.69. The van der Waals surface area contributed by atoms with Gasteiger partial charge in [0.05, 0.1) is 18.2 Å². The van der Waals surface area contributed by atoms with Crippen molar-refractivity contribution in [2.75, 3.05) is 7.11 Å². The molecule has 0 aliphatic carbocycles. The first kappa shape index (κ1) is 15.7. The van der Waals surface area contributed by atoms with E-state index in [0.29, 0.717) is 17.7 Å². The molecule has 0 fully saturated rings. The van der Waals surface area contributed by atoms with Crippen LogP contribution in [0.5, 0.6) is 5.75 Å². The number of hydrazine groups is 1. The van der Waals surface area contributed by atoms with Gasteiger partial charge in [0.25, 0.3) is 0 Å². The SMILES string of the molecule is COc1cccc(F)c1C(Cc1ccc(F)c(Cl)c1)NN. The van der Waals surface area contributed by atoms with E-state index >= 15 is 0 Å². The highest BCUT2D eigenvalue weighted by Gasteiger charge is 2.20. The predicted molar refractivity (Wildman–Crippen MR) is 78.1 cm³/mol. The quantitative estimate of drug-likeness (QED) is 0.657. The summed E-state index contributed by atoms with van der Waals surface area (Å²) in [6.45, 7) is 0. The Bertz CT molecular complexity index is 637. The lowest BCUT2D eigenvalue weighted by Crippen LogP contribution is -2.30. The van der Waals surface area contributed by atoms with Gasteiger partial charge in [0.1, 0.15) is 17.4 Å².